The molecule has 0 bridgehead atoms. The van der Waals surface area contributed by atoms with Crippen LogP contribution in [0.4, 0.5) is 5.69 Å². The molecule has 1 heterocycles. The number of hydrogen-bond acceptors (Lipinski definition) is 4. The lowest BCUT2D eigenvalue weighted by Crippen LogP contribution is -2.12. The normalized spacial score (nSPS) is 10.7. The molecule has 0 radical (unpaired) electrons. The monoisotopic (exact) mass is 291 g/mol. The first-order valence-electron chi connectivity index (χ1n) is 5.83. The van der Waals surface area contributed by atoms with E-state index in [4.69, 9.17) is 5.11 Å². The molecule has 1 aromatic carbocycles. The van der Waals surface area contributed by atoms with E-state index < -0.39 is 10.0 Å². The Hall–Kier alpha value is -2.30. The van der Waals surface area contributed by atoms with Crippen LogP contribution >= 0.6 is 0 Å². The van der Waals surface area contributed by atoms with Crippen molar-refractivity contribution in [3.63, 3.8) is 0 Å². The molecule has 2 aromatic rings. The molecule has 6 nitrogen and oxygen atoms in total. The fourth-order valence-electron chi connectivity index (χ4n) is 1.46. The van der Waals surface area contributed by atoms with E-state index in [9.17, 15) is 8.42 Å². The number of nitrogens with zero attached hydrogens (tertiary/aromatic N) is 1. The summed E-state index contributed by atoms with van der Waals surface area (Å²) >= 11 is 0. The molecule has 20 heavy (non-hydrogen) atoms. The van der Waals surface area contributed by atoms with Crippen molar-refractivity contribution in [1.82, 2.24) is 10.2 Å². The van der Waals surface area contributed by atoms with E-state index in [1.54, 1.807) is 12.1 Å². The number of aromatic amines is 1. The summed E-state index contributed by atoms with van der Waals surface area (Å²) in [5, 5.41) is 14.8. The van der Waals surface area contributed by atoms with Gasteiger partial charge in [-0.1, -0.05) is 11.8 Å². The van der Waals surface area contributed by atoms with Gasteiger partial charge in [0.05, 0.1) is 23.4 Å². The van der Waals surface area contributed by atoms with Gasteiger partial charge in [-0.3, -0.25) is 9.82 Å². The average Bonchev–Trinajstić information content (AvgIpc) is 2.92. The molecule has 0 saturated heterocycles. The zero-order chi connectivity index (χ0) is 14.4. The predicted molar refractivity (Wildman–Crippen MR) is 74.4 cm³/mol. The zero-order valence-corrected chi connectivity index (χ0v) is 11.3. The predicted octanol–water partition coefficient (Wildman–Crippen LogP) is 0.944. The number of nitrogens with one attached hydrogen (secondary N) is 2. The molecular weight excluding hydrogens is 278 g/mol. The third kappa shape index (κ3) is 3.60. The average molecular weight is 291 g/mol. The smallest absolute Gasteiger partial charge is 0.261 e. The quantitative estimate of drug-likeness (QED) is 0.731. The highest BCUT2D eigenvalue weighted by Crippen LogP contribution is 2.15. The van der Waals surface area contributed by atoms with E-state index in [0.29, 0.717) is 17.7 Å². The molecule has 3 N–H and O–H groups in total. The number of hydrogen-bond donors (Lipinski definition) is 3. The van der Waals surface area contributed by atoms with Crippen LogP contribution in [-0.2, 0) is 10.0 Å². The number of aliphatic hydroxyl groups excluding tert-OH is 1. The number of benzene rings is 1. The number of anilines is 1. The molecule has 0 aliphatic carbocycles. The Morgan fingerprint density at radius 1 is 1.30 bits per heavy atom. The molecule has 2 rings (SSSR count). The second kappa shape index (κ2) is 6.23. The lowest BCUT2D eigenvalue weighted by atomic mass is 10.2. The van der Waals surface area contributed by atoms with Crippen LogP contribution < -0.4 is 4.72 Å². The summed E-state index contributed by atoms with van der Waals surface area (Å²) in [6, 6.07) is 6.19. The molecule has 0 fully saturated rings. The van der Waals surface area contributed by atoms with Crippen molar-refractivity contribution in [1.29, 1.82) is 0 Å². The molecule has 0 atom stereocenters. The van der Waals surface area contributed by atoms with Gasteiger partial charge in [-0.2, -0.15) is 5.10 Å². The van der Waals surface area contributed by atoms with Crippen molar-refractivity contribution < 1.29 is 13.5 Å². The van der Waals surface area contributed by atoms with E-state index >= 15 is 0 Å². The Balaban J connectivity index is 2.15. The van der Waals surface area contributed by atoms with E-state index in [0.717, 1.165) is 0 Å². The van der Waals surface area contributed by atoms with Gasteiger partial charge < -0.3 is 5.11 Å². The van der Waals surface area contributed by atoms with Crippen molar-refractivity contribution in [3.05, 3.63) is 42.2 Å². The Kier molecular flexibility index (Phi) is 4.40. The standard InChI is InChI=1S/C13H13N3O3S/c17-8-2-1-3-11-4-6-13(7-5-11)20(18,19)16-12-9-14-15-10-12/h4-7,9-10,16-17H,2,8H2,(H,14,15). The summed E-state index contributed by atoms with van der Waals surface area (Å²) in [6.45, 7) is 0.00802. The second-order valence-corrected chi connectivity index (χ2v) is 5.57. The van der Waals surface area contributed by atoms with Gasteiger partial charge in [-0.05, 0) is 24.3 Å². The van der Waals surface area contributed by atoms with Gasteiger partial charge in [0, 0.05) is 18.2 Å². The molecule has 0 aliphatic heterocycles. The van der Waals surface area contributed by atoms with Crippen LogP contribution in [-0.4, -0.2) is 30.3 Å². The van der Waals surface area contributed by atoms with Gasteiger partial charge in [0.25, 0.3) is 10.0 Å². The van der Waals surface area contributed by atoms with Crippen LogP contribution in [0.3, 0.4) is 0 Å². The molecule has 0 spiro atoms. The van der Waals surface area contributed by atoms with Crippen molar-refractivity contribution in [2.24, 2.45) is 0 Å². The van der Waals surface area contributed by atoms with E-state index in [1.807, 2.05) is 0 Å². The third-order valence-corrected chi connectivity index (χ3v) is 3.78. The highest BCUT2D eigenvalue weighted by Gasteiger charge is 2.14. The van der Waals surface area contributed by atoms with Gasteiger partial charge in [-0.25, -0.2) is 8.42 Å². The largest absolute Gasteiger partial charge is 0.395 e. The summed E-state index contributed by atoms with van der Waals surface area (Å²) in [6.07, 6.45) is 3.22. The molecule has 7 heteroatoms. The van der Waals surface area contributed by atoms with Crippen molar-refractivity contribution in [2.45, 2.75) is 11.3 Å². The topological polar surface area (TPSA) is 95.1 Å². The fraction of sp³-hybridized carbons (Fsp3) is 0.154. The molecule has 0 unspecified atom stereocenters. The minimum atomic E-state index is -3.62. The van der Waals surface area contributed by atoms with Crippen LogP contribution in [0.1, 0.15) is 12.0 Å². The highest BCUT2D eigenvalue weighted by molar-refractivity contribution is 7.92. The maximum atomic E-state index is 12.0. The van der Waals surface area contributed by atoms with Gasteiger partial charge in [0.1, 0.15) is 0 Å². The summed E-state index contributed by atoms with van der Waals surface area (Å²) < 4.78 is 26.5. The number of rotatable bonds is 4. The lowest BCUT2D eigenvalue weighted by Gasteiger charge is -2.05. The first kappa shape index (κ1) is 14.1. The lowest BCUT2D eigenvalue weighted by molar-refractivity contribution is 0.305. The number of aliphatic hydroxyl groups is 1. The first-order valence-corrected chi connectivity index (χ1v) is 7.31. The van der Waals surface area contributed by atoms with E-state index in [2.05, 4.69) is 26.8 Å². The third-order valence-electron chi connectivity index (χ3n) is 2.38. The minimum Gasteiger partial charge on any atom is -0.395 e. The summed E-state index contributed by atoms with van der Waals surface area (Å²) in [4.78, 5) is 0.145. The van der Waals surface area contributed by atoms with Crippen molar-refractivity contribution >= 4 is 15.7 Å². The zero-order valence-electron chi connectivity index (χ0n) is 10.5. The van der Waals surface area contributed by atoms with Crippen LogP contribution in [0.25, 0.3) is 0 Å². The molecular formula is C13H13N3O3S. The first-order chi connectivity index (χ1) is 9.62. The summed E-state index contributed by atoms with van der Waals surface area (Å²) in [5.41, 5.74) is 1.07. The molecule has 0 aliphatic rings. The molecule has 104 valence electrons. The van der Waals surface area contributed by atoms with Gasteiger partial charge in [0.15, 0.2) is 0 Å². The van der Waals surface area contributed by atoms with E-state index in [1.165, 1.54) is 24.5 Å². The Morgan fingerprint density at radius 2 is 2.05 bits per heavy atom. The minimum absolute atomic E-state index is 0.00802. The highest BCUT2D eigenvalue weighted by atomic mass is 32.2. The molecule has 0 amide bonds. The Bertz CT molecular complexity index is 710. The van der Waals surface area contributed by atoms with Gasteiger partial charge >= 0.3 is 0 Å². The van der Waals surface area contributed by atoms with Crippen LogP contribution in [0.2, 0.25) is 0 Å². The maximum Gasteiger partial charge on any atom is 0.261 e. The summed E-state index contributed by atoms with van der Waals surface area (Å²) in [5.74, 6) is 5.60. The second-order valence-electron chi connectivity index (χ2n) is 3.89. The van der Waals surface area contributed by atoms with Gasteiger partial charge in [-0.15, -0.1) is 0 Å². The maximum absolute atomic E-state index is 12.0. The molecule has 1 aromatic heterocycles. The number of sulfonamides is 1. The van der Waals surface area contributed by atoms with Crippen molar-refractivity contribution in [3.8, 4) is 11.8 Å². The SMILES string of the molecule is O=S(=O)(Nc1cn[nH]c1)c1ccc(C#CCCO)cc1. The van der Waals surface area contributed by atoms with Crippen LogP contribution in [0.15, 0.2) is 41.6 Å². The number of H-pyrrole nitrogens is 1. The Morgan fingerprint density at radius 3 is 2.65 bits per heavy atom. The number of aromatic nitrogens is 2. The van der Waals surface area contributed by atoms with Crippen LogP contribution in [0.5, 0.6) is 0 Å². The summed E-state index contributed by atoms with van der Waals surface area (Å²) in [7, 11) is -3.62. The van der Waals surface area contributed by atoms with Crippen LogP contribution in [0, 0.1) is 11.8 Å². The Labute approximate surface area is 116 Å². The van der Waals surface area contributed by atoms with Gasteiger partial charge in [0.2, 0.25) is 0 Å². The van der Waals surface area contributed by atoms with Crippen molar-refractivity contribution in [2.75, 3.05) is 11.3 Å². The fourth-order valence-corrected chi connectivity index (χ4v) is 2.49. The van der Waals surface area contributed by atoms with E-state index in [-0.39, 0.29) is 11.5 Å². The molecule has 0 saturated carbocycles.